The van der Waals surface area contributed by atoms with Gasteiger partial charge in [-0.15, -0.1) is 0 Å². The molecule has 2 atom stereocenters. The summed E-state index contributed by atoms with van der Waals surface area (Å²) in [5.41, 5.74) is 5.95. The molecule has 2 fully saturated rings. The minimum absolute atomic E-state index is 0.491. The second-order valence-electron chi connectivity index (χ2n) is 6.50. The Morgan fingerprint density at radius 1 is 0.941 bits per heavy atom. The van der Waals surface area contributed by atoms with Crippen molar-refractivity contribution in [3.8, 4) is 0 Å². The highest BCUT2D eigenvalue weighted by molar-refractivity contribution is 4.79. The van der Waals surface area contributed by atoms with E-state index in [0.717, 1.165) is 17.9 Å². The summed E-state index contributed by atoms with van der Waals surface area (Å²) in [5, 5.41) is 3.83. The van der Waals surface area contributed by atoms with Crippen molar-refractivity contribution >= 4 is 0 Å². The van der Waals surface area contributed by atoms with Gasteiger partial charge in [-0.05, 0) is 63.3 Å². The van der Waals surface area contributed by atoms with Gasteiger partial charge in [-0.2, -0.15) is 0 Å². The fourth-order valence-electron chi connectivity index (χ4n) is 3.42. The van der Waals surface area contributed by atoms with Gasteiger partial charge in [0, 0.05) is 12.1 Å². The fraction of sp³-hybridized carbons (Fsp3) is 1.00. The fourth-order valence-corrected chi connectivity index (χ4v) is 3.42. The van der Waals surface area contributed by atoms with Crippen LogP contribution < -0.4 is 11.1 Å². The van der Waals surface area contributed by atoms with Gasteiger partial charge in [0.05, 0.1) is 0 Å². The summed E-state index contributed by atoms with van der Waals surface area (Å²) in [6.07, 6.45) is 12.3. The average Bonchev–Trinajstić information content (AvgIpc) is 2.54. The zero-order valence-electron chi connectivity index (χ0n) is 11.5. The molecule has 0 heterocycles. The number of nitrogens with two attached hydrogens (primary N) is 1. The number of nitrogens with one attached hydrogen (secondary N) is 1. The van der Waals surface area contributed by atoms with Gasteiger partial charge in [-0.1, -0.05) is 19.8 Å². The summed E-state index contributed by atoms with van der Waals surface area (Å²) < 4.78 is 0. The maximum absolute atomic E-state index is 5.95. The van der Waals surface area contributed by atoms with Gasteiger partial charge in [0.2, 0.25) is 0 Å². The minimum Gasteiger partial charge on any atom is -0.328 e. The Balaban J connectivity index is 1.64. The van der Waals surface area contributed by atoms with E-state index in [0.29, 0.717) is 6.04 Å². The Bertz CT molecular complexity index is 209. The van der Waals surface area contributed by atoms with Crippen LogP contribution in [0, 0.1) is 11.8 Å². The van der Waals surface area contributed by atoms with Crippen LogP contribution in [0.25, 0.3) is 0 Å². The first-order valence-electron chi connectivity index (χ1n) is 7.73. The van der Waals surface area contributed by atoms with Crippen LogP contribution in [0.5, 0.6) is 0 Å². The zero-order valence-corrected chi connectivity index (χ0v) is 11.5. The normalized spacial score (nSPS) is 39.9. The van der Waals surface area contributed by atoms with Crippen molar-refractivity contribution in [3.05, 3.63) is 0 Å². The lowest BCUT2D eigenvalue weighted by Crippen LogP contribution is -2.36. The molecule has 0 spiro atoms. The van der Waals surface area contributed by atoms with Gasteiger partial charge >= 0.3 is 0 Å². The van der Waals surface area contributed by atoms with Crippen molar-refractivity contribution in [1.82, 2.24) is 5.32 Å². The Morgan fingerprint density at radius 2 is 1.71 bits per heavy atom. The second kappa shape index (κ2) is 6.75. The molecule has 2 rings (SSSR count). The van der Waals surface area contributed by atoms with E-state index >= 15 is 0 Å². The van der Waals surface area contributed by atoms with E-state index in [9.17, 15) is 0 Å². The largest absolute Gasteiger partial charge is 0.328 e. The van der Waals surface area contributed by atoms with Gasteiger partial charge in [0.1, 0.15) is 0 Å². The third kappa shape index (κ3) is 4.59. The lowest BCUT2D eigenvalue weighted by molar-refractivity contribution is 0.297. The second-order valence-corrected chi connectivity index (χ2v) is 6.50. The molecule has 0 radical (unpaired) electrons. The SMILES string of the molecule is CC1CCCC(NCC2CCC(N)CC2)CC1. The van der Waals surface area contributed by atoms with Gasteiger partial charge in [-0.3, -0.25) is 0 Å². The summed E-state index contributed by atoms with van der Waals surface area (Å²) in [6.45, 7) is 3.65. The molecule has 3 N–H and O–H groups in total. The summed E-state index contributed by atoms with van der Waals surface area (Å²) in [7, 11) is 0. The molecular weight excluding hydrogens is 208 g/mol. The van der Waals surface area contributed by atoms with Crippen molar-refractivity contribution < 1.29 is 0 Å². The van der Waals surface area contributed by atoms with Crippen LogP contribution >= 0.6 is 0 Å². The van der Waals surface area contributed by atoms with Crippen LogP contribution in [0.1, 0.15) is 64.7 Å². The van der Waals surface area contributed by atoms with Crippen molar-refractivity contribution in [1.29, 1.82) is 0 Å². The molecule has 17 heavy (non-hydrogen) atoms. The maximum Gasteiger partial charge on any atom is 0.00672 e. The monoisotopic (exact) mass is 238 g/mol. The molecule has 2 heteroatoms. The molecule has 2 saturated carbocycles. The standard InChI is InChI=1S/C15H30N2/c1-12-3-2-4-15(10-5-12)17-11-13-6-8-14(16)9-7-13/h12-15,17H,2-11,16H2,1H3. The highest BCUT2D eigenvalue weighted by atomic mass is 14.9. The zero-order chi connectivity index (χ0) is 12.1. The van der Waals surface area contributed by atoms with Gasteiger partial charge < -0.3 is 11.1 Å². The number of hydrogen-bond acceptors (Lipinski definition) is 2. The van der Waals surface area contributed by atoms with Crippen LogP contribution in [0.2, 0.25) is 0 Å². The van der Waals surface area contributed by atoms with E-state index in [4.69, 9.17) is 5.73 Å². The maximum atomic E-state index is 5.95. The molecule has 0 aromatic rings. The van der Waals surface area contributed by atoms with Crippen LogP contribution in [0.4, 0.5) is 0 Å². The summed E-state index contributed by atoms with van der Waals surface area (Å²) in [6, 6.07) is 1.29. The highest BCUT2D eigenvalue weighted by Crippen LogP contribution is 2.25. The summed E-state index contributed by atoms with van der Waals surface area (Å²) in [5.74, 6) is 1.85. The van der Waals surface area contributed by atoms with E-state index in [-0.39, 0.29) is 0 Å². The molecule has 2 aliphatic rings. The third-order valence-electron chi connectivity index (χ3n) is 4.84. The van der Waals surface area contributed by atoms with Crippen LogP contribution in [-0.2, 0) is 0 Å². The number of hydrogen-bond donors (Lipinski definition) is 2. The van der Waals surface area contributed by atoms with Crippen molar-refractivity contribution in [2.45, 2.75) is 76.8 Å². The summed E-state index contributed by atoms with van der Waals surface area (Å²) in [4.78, 5) is 0. The molecule has 0 aromatic heterocycles. The van der Waals surface area contributed by atoms with E-state index in [2.05, 4.69) is 12.2 Å². The Kier molecular flexibility index (Phi) is 5.30. The smallest absolute Gasteiger partial charge is 0.00672 e. The number of rotatable bonds is 3. The first-order valence-corrected chi connectivity index (χ1v) is 7.73. The topological polar surface area (TPSA) is 38.0 Å². The van der Waals surface area contributed by atoms with Crippen LogP contribution in [0.15, 0.2) is 0 Å². The predicted molar refractivity (Wildman–Crippen MR) is 74.0 cm³/mol. The van der Waals surface area contributed by atoms with E-state index in [1.54, 1.807) is 0 Å². The van der Waals surface area contributed by atoms with Crippen LogP contribution in [0.3, 0.4) is 0 Å². The molecule has 2 nitrogen and oxygen atoms in total. The Labute approximate surface area is 107 Å². The van der Waals surface area contributed by atoms with Gasteiger partial charge in [-0.25, -0.2) is 0 Å². The molecule has 0 bridgehead atoms. The summed E-state index contributed by atoms with van der Waals surface area (Å²) >= 11 is 0. The van der Waals surface area contributed by atoms with Gasteiger partial charge in [0.25, 0.3) is 0 Å². The molecule has 0 amide bonds. The Hall–Kier alpha value is -0.0800. The van der Waals surface area contributed by atoms with Gasteiger partial charge in [0.15, 0.2) is 0 Å². The third-order valence-corrected chi connectivity index (χ3v) is 4.84. The molecule has 0 aliphatic heterocycles. The van der Waals surface area contributed by atoms with Crippen molar-refractivity contribution in [2.75, 3.05) is 6.54 Å². The quantitative estimate of drug-likeness (QED) is 0.742. The lowest BCUT2D eigenvalue weighted by atomic mass is 9.86. The minimum atomic E-state index is 0.491. The predicted octanol–water partition coefficient (Wildman–Crippen LogP) is 3.06. The van der Waals surface area contributed by atoms with Crippen molar-refractivity contribution in [2.24, 2.45) is 17.6 Å². The van der Waals surface area contributed by atoms with E-state index in [1.165, 1.54) is 64.3 Å². The molecule has 100 valence electrons. The van der Waals surface area contributed by atoms with Crippen LogP contribution in [-0.4, -0.2) is 18.6 Å². The lowest BCUT2D eigenvalue weighted by Gasteiger charge is -2.28. The first-order chi connectivity index (χ1) is 8.24. The molecule has 2 aliphatic carbocycles. The Morgan fingerprint density at radius 3 is 2.47 bits per heavy atom. The van der Waals surface area contributed by atoms with E-state index in [1.807, 2.05) is 0 Å². The molecule has 0 aromatic carbocycles. The highest BCUT2D eigenvalue weighted by Gasteiger charge is 2.20. The average molecular weight is 238 g/mol. The molecule has 2 unspecified atom stereocenters. The molecule has 0 saturated heterocycles. The van der Waals surface area contributed by atoms with E-state index < -0.39 is 0 Å². The molecular formula is C15H30N2. The first kappa shape index (κ1) is 13.4. The van der Waals surface area contributed by atoms with Crippen molar-refractivity contribution in [3.63, 3.8) is 0 Å².